The van der Waals surface area contributed by atoms with Crippen LogP contribution in [0.15, 0.2) is 42.6 Å². The number of carbonyl (C=O) groups is 1. The van der Waals surface area contributed by atoms with Gasteiger partial charge in [0.15, 0.2) is 0 Å². The zero-order valence-corrected chi connectivity index (χ0v) is 9.89. The standard InChI is InChI=1S/C13H8F3NO3/c14-13(15,16)8-5-6-11(17-7-8)20-10-4-2-1-3-9(10)12(18)19/h1-7H,(H,18,19). The van der Waals surface area contributed by atoms with Crippen molar-refractivity contribution >= 4 is 5.97 Å². The summed E-state index contributed by atoms with van der Waals surface area (Å²) >= 11 is 0. The molecule has 1 N–H and O–H groups in total. The molecule has 0 atom stereocenters. The van der Waals surface area contributed by atoms with Crippen molar-refractivity contribution in [1.82, 2.24) is 4.98 Å². The van der Waals surface area contributed by atoms with Crippen LogP contribution in [-0.2, 0) is 6.18 Å². The Balaban J connectivity index is 2.25. The fourth-order valence-electron chi connectivity index (χ4n) is 1.45. The Kier molecular flexibility index (Phi) is 3.60. The SMILES string of the molecule is O=C(O)c1ccccc1Oc1ccc(C(F)(F)F)cn1. The molecular weight excluding hydrogens is 275 g/mol. The number of para-hydroxylation sites is 1. The van der Waals surface area contributed by atoms with E-state index in [0.29, 0.717) is 6.20 Å². The first-order chi connectivity index (χ1) is 9.38. The van der Waals surface area contributed by atoms with E-state index in [1.54, 1.807) is 6.07 Å². The molecule has 2 rings (SSSR count). The molecule has 20 heavy (non-hydrogen) atoms. The minimum Gasteiger partial charge on any atom is -0.478 e. The molecule has 0 spiro atoms. The number of ether oxygens (including phenoxy) is 1. The van der Waals surface area contributed by atoms with Crippen molar-refractivity contribution in [2.24, 2.45) is 0 Å². The second-order valence-corrected chi connectivity index (χ2v) is 3.79. The van der Waals surface area contributed by atoms with Crippen LogP contribution in [0.4, 0.5) is 13.2 Å². The lowest BCUT2D eigenvalue weighted by atomic mass is 10.2. The molecule has 1 aromatic heterocycles. The van der Waals surface area contributed by atoms with Crippen molar-refractivity contribution in [2.75, 3.05) is 0 Å². The average molecular weight is 283 g/mol. The lowest BCUT2D eigenvalue weighted by Gasteiger charge is -2.09. The van der Waals surface area contributed by atoms with Gasteiger partial charge in [0.05, 0.1) is 5.56 Å². The minimum atomic E-state index is -4.48. The van der Waals surface area contributed by atoms with E-state index in [-0.39, 0.29) is 17.2 Å². The van der Waals surface area contributed by atoms with Crippen LogP contribution in [0.3, 0.4) is 0 Å². The maximum absolute atomic E-state index is 12.4. The first-order valence-electron chi connectivity index (χ1n) is 5.41. The summed E-state index contributed by atoms with van der Waals surface area (Å²) in [5, 5.41) is 8.95. The van der Waals surface area contributed by atoms with Crippen LogP contribution in [0, 0.1) is 0 Å². The first kappa shape index (κ1) is 13.9. The highest BCUT2D eigenvalue weighted by Gasteiger charge is 2.30. The molecule has 0 saturated carbocycles. The van der Waals surface area contributed by atoms with Gasteiger partial charge in [-0.2, -0.15) is 13.2 Å². The third-order valence-electron chi connectivity index (χ3n) is 2.40. The topological polar surface area (TPSA) is 59.4 Å². The number of nitrogens with zero attached hydrogens (tertiary/aromatic N) is 1. The molecule has 0 aliphatic carbocycles. The van der Waals surface area contributed by atoms with Crippen molar-refractivity contribution in [1.29, 1.82) is 0 Å². The molecule has 0 unspecified atom stereocenters. The Labute approximate surface area is 111 Å². The van der Waals surface area contributed by atoms with Crippen LogP contribution in [0.5, 0.6) is 11.6 Å². The maximum Gasteiger partial charge on any atom is 0.417 e. The fourth-order valence-corrected chi connectivity index (χ4v) is 1.45. The van der Waals surface area contributed by atoms with Crippen LogP contribution in [-0.4, -0.2) is 16.1 Å². The van der Waals surface area contributed by atoms with Crippen LogP contribution in [0.25, 0.3) is 0 Å². The number of carboxylic acids is 1. The number of aromatic nitrogens is 1. The highest BCUT2D eigenvalue weighted by molar-refractivity contribution is 5.90. The van der Waals surface area contributed by atoms with Gasteiger partial charge in [-0.05, 0) is 18.2 Å². The Hall–Kier alpha value is -2.57. The molecule has 0 amide bonds. The molecule has 2 aromatic rings. The molecule has 104 valence electrons. The third kappa shape index (κ3) is 3.05. The van der Waals surface area contributed by atoms with Crippen LogP contribution in [0.2, 0.25) is 0 Å². The summed E-state index contributed by atoms with van der Waals surface area (Å²) in [7, 11) is 0. The summed E-state index contributed by atoms with van der Waals surface area (Å²) in [6, 6.07) is 7.61. The van der Waals surface area contributed by atoms with Crippen molar-refractivity contribution in [3.8, 4) is 11.6 Å². The number of benzene rings is 1. The molecule has 1 heterocycles. The lowest BCUT2D eigenvalue weighted by molar-refractivity contribution is -0.137. The molecule has 7 heteroatoms. The third-order valence-corrected chi connectivity index (χ3v) is 2.40. The second-order valence-electron chi connectivity index (χ2n) is 3.79. The largest absolute Gasteiger partial charge is 0.478 e. The van der Waals surface area contributed by atoms with Gasteiger partial charge in [-0.25, -0.2) is 9.78 Å². The number of rotatable bonds is 3. The van der Waals surface area contributed by atoms with Gasteiger partial charge in [0, 0.05) is 12.3 Å². The summed E-state index contributed by atoms with van der Waals surface area (Å²) in [5.41, 5.74) is -1.01. The van der Waals surface area contributed by atoms with E-state index in [1.165, 1.54) is 18.2 Å². The molecule has 0 radical (unpaired) electrons. The summed E-state index contributed by atoms with van der Waals surface area (Å²) in [6.07, 6.45) is -3.86. The van der Waals surface area contributed by atoms with E-state index in [1.807, 2.05) is 0 Å². The van der Waals surface area contributed by atoms with Gasteiger partial charge in [0.2, 0.25) is 5.88 Å². The second kappa shape index (κ2) is 5.20. The average Bonchev–Trinajstić information content (AvgIpc) is 2.38. The molecule has 0 aliphatic rings. The van der Waals surface area contributed by atoms with Gasteiger partial charge in [0.1, 0.15) is 11.3 Å². The highest BCUT2D eigenvalue weighted by Crippen LogP contribution is 2.30. The zero-order chi connectivity index (χ0) is 14.8. The summed E-state index contributed by atoms with van der Waals surface area (Å²) in [6.45, 7) is 0. The van der Waals surface area contributed by atoms with Crippen LogP contribution >= 0.6 is 0 Å². The van der Waals surface area contributed by atoms with E-state index in [0.717, 1.165) is 12.1 Å². The molecule has 0 aliphatic heterocycles. The maximum atomic E-state index is 12.4. The Bertz CT molecular complexity index is 624. The van der Waals surface area contributed by atoms with Crippen molar-refractivity contribution < 1.29 is 27.8 Å². The van der Waals surface area contributed by atoms with Gasteiger partial charge in [0.25, 0.3) is 0 Å². The van der Waals surface area contributed by atoms with E-state index in [2.05, 4.69) is 4.98 Å². The van der Waals surface area contributed by atoms with Gasteiger partial charge in [-0.3, -0.25) is 0 Å². The van der Waals surface area contributed by atoms with Crippen molar-refractivity contribution in [2.45, 2.75) is 6.18 Å². The predicted molar refractivity (Wildman–Crippen MR) is 62.7 cm³/mol. The van der Waals surface area contributed by atoms with Crippen LogP contribution < -0.4 is 4.74 Å². The van der Waals surface area contributed by atoms with Crippen molar-refractivity contribution in [3.05, 3.63) is 53.7 Å². The Morgan fingerprint density at radius 2 is 1.85 bits per heavy atom. The van der Waals surface area contributed by atoms with E-state index >= 15 is 0 Å². The van der Waals surface area contributed by atoms with Gasteiger partial charge < -0.3 is 9.84 Å². The molecule has 0 saturated heterocycles. The Morgan fingerprint density at radius 1 is 1.15 bits per heavy atom. The Morgan fingerprint density at radius 3 is 2.40 bits per heavy atom. The summed E-state index contributed by atoms with van der Waals surface area (Å²) < 4.78 is 42.3. The van der Waals surface area contributed by atoms with Crippen LogP contribution in [0.1, 0.15) is 15.9 Å². The molecule has 0 bridgehead atoms. The van der Waals surface area contributed by atoms with Gasteiger partial charge >= 0.3 is 12.1 Å². The molecule has 4 nitrogen and oxygen atoms in total. The summed E-state index contributed by atoms with van der Waals surface area (Å²) in [4.78, 5) is 14.5. The monoisotopic (exact) mass is 283 g/mol. The number of halogens is 3. The number of hydrogen-bond acceptors (Lipinski definition) is 3. The zero-order valence-electron chi connectivity index (χ0n) is 9.89. The predicted octanol–water partition coefficient (Wildman–Crippen LogP) is 3.59. The van der Waals surface area contributed by atoms with E-state index in [9.17, 15) is 18.0 Å². The molecular formula is C13H8F3NO3. The summed E-state index contributed by atoms with van der Waals surface area (Å²) in [5.74, 6) is -1.31. The highest BCUT2D eigenvalue weighted by atomic mass is 19.4. The fraction of sp³-hybridized carbons (Fsp3) is 0.0769. The van der Waals surface area contributed by atoms with Gasteiger partial charge in [-0.1, -0.05) is 12.1 Å². The quantitative estimate of drug-likeness (QED) is 0.935. The first-order valence-corrected chi connectivity index (χ1v) is 5.41. The number of pyridine rings is 1. The van der Waals surface area contributed by atoms with E-state index in [4.69, 9.17) is 9.84 Å². The smallest absolute Gasteiger partial charge is 0.417 e. The number of carboxylic acid groups (broad SMARTS) is 1. The normalized spacial score (nSPS) is 11.2. The minimum absolute atomic E-state index is 0.00672. The number of alkyl halides is 3. The molecule has 1 aromatic carbocycles. The number of hydrogen-bond donors (Lipinski definition) is 1. The molecule has 0 fully saturated rings. The number of aromatic carboxylic acids is 1. The van der Waals surface area contributed by atoms with Crippen molar-refractivity contribution in [3.63, 3.8) is 0 Å². The van der Waals surface area contributed by atoms with Gasteiger partial charge in [-0.15, -0.1) is 0 Å². The lowest BCUT2D eigenvalue weighted by Crippen LogP contribution is -2.05. The van der Waals surface area contributed by atoms with E-state index < -0.39 is 17.7 Å².